The number of amides is 2. The van der Waals surface area contributed by atoms with Crippen molar-refractivity contribution in [3.8, 4) is 0 Å². The first-order chi connectivity index (χ1) is 15.9. The Morgan fingerprint density at radius 1 is 1.12 bits per heavy atom. The van der Waals surface area contributed by atoms with E-state index in [0.29, 0.717) is 12.2 Å². The maximum atomic E-state index is 13.5. The first-order valence-corrected chi connectivity index (χ1v) is 14.4. The topological polar surface area (TPSA) is 86.8 Å². The fourth-order valence-corrected chi connectivity index (χ4v) is 4.88. The van der Waals surface area contributed by atoms with E-state index in [4.69, 9.17) is 0 Å². The lowest BCUT2D eigenvalue weighted by atomic mass is 10.1. The minimum atomic E-state index is -3.76. The number of benzene rings is 2. The third-order valence-corrected chi connectivity index (χ3v) is 7.87. The van der Waals surface area contributed by atoms with Crippen LogP contribution in [-0.2, 0) is 26.2 Å². The molecule has 2 aromatic rings. The predicted octanol–water partition coefficient (Wildman–Crippen LogP) is 4.62. The van der Waals surface area contributed by atoms with E-state index in [1.807, 2.05) is 38.1 Å². The first kappa shape index (κ1) is 28.3. The molecule has 0 saturated heterocycles. The van der Waals surface area contributed by atoms with E-state index in [-0.39, 0.29) is 12.5 Å². The average Bonchev–Trinajstić information content (AvgIpc) is 2.76. The van der Waals surface area contributed by atoms with Crippen LogP contribution in [0.5, 0.6) is 0 Å². The molecular formula is C24H31Br2N3O4S. The van der Waals surface area contributed by atoms with Crippen LogP contribution in [0.4, 0.5) is 5.69 Å². The summed E-state index contributed by atoms with van der Waals surface area (Å²) in [4.78, 5) is 27.7. The summed E-state index contributed by atoms with van der Waals surface area (Å²) in [5.74, 6) is -0.744. The predicted molar refractivity (Wildman–Crippen MR) is 143 cm³/mol. The van der Waals surface area contributed by atoms with Crippen LogP contribution in [0.25, 0.3) is 0 Å². The zero-order valence-corrected chi connectivity index (χ0v) is 23.8. The van der Waals surface area contributed by atoms with Crippen molar-refractivity contribution in [2.75, 3.05) is 23.7 Å². The van der Waals surface area contributed by atoms with Gasteiger partial charge < -0.3 is 10.2 Å². The molecule has 0 heterocycles. The SMILES string of the molecule is CCCCNC(=O)[C@@H](C)N(Cc1cccc(Br)c1)C(=O)CN(c1ccc(Br)c(C)c1)S(C)(=O)=O. The highest BCUT2D eigenvalue weighted by Crippen LogP contribution is 2.25. The van der Waals surface area contributed by atoms with E-state index in [1.54, 1.807) is 25.1 Å². The van der Waals surface area contributed by atoms with Crippen LogP contribution in [0.2, 0.25) is 0 Å². The Bertz CT molecular complexity index is 1120. The van der Waals surface area contributed by atoms with Gasteiger partial charge in [0.25, 0.3) is 0 Å². The molecule has 0 bridgehead atoms. The quantitative estimate of drug-likeness (QED) is 0.373. The van der Waals surface area contributed by atoms with Gasteiger partial charge in [-0.15, -0.1) is 0 Å². The van der Waals surface area contributed by atoms with Gasteiger partial charge in [-0.3, -0.25) is 13.9 Å². The minimum absolute atomic E-state index is 0.164. The maximum Gasteiger partial charge on any atom is 0.244 e. The number of anilines is 1. The number of nitrogens with zero attached hydrogens (tertiary/aromatic N) is 2. The third kappa shape index (κ3) is 8.09. The van der Waals surface area contributed by atoms with E-state index in [9.17, 15) is 18.0 Å². The standard InChI is InChI=1S/C24H31Br2N3O4S/c1-5-6-12-27-24(31)18(3)28(15-19-8-7-9-20(25)14-19)23(30)16-29(34(4,32)33)21-10-11-22(26)17(2)13-21/h7-11,13-14,18H,5-6,12,15-16H2,1-4H3,(H,27,31)/t18-/m1/s1. The zero-order chi connectivity index (χ0) is 25.5. The van der Waals surface area contributed by atoms with Crippen LogP contribution in [0, 0.1) is 6.92 Å². The molecule has 0 radical (unpaired) electrons. The number of nitrogens with one attached hydrogen (secondary N) is 1. The van der Waals surface area contributed by atoms with Gasteiger partial charge in [-0.1, -0.05) is 57.3 Å². The molecule has 34 heavy (non-hydrogen) atoms. The highest BCUT2D eigenvalue weighted by molar-refractivity contribution is 9.10. The van der Waals surface area contributed by atoms with Gasteiger partial charge in [-0.25, -0.2) is 8.42 Å². The van der Waals surface area contributed by atoms with Crippen molar-refractivity contribution in [3.63, 3.8) is 0 Å². The lowest BCUT2D eigenvalue weighted by Crippen LogP contribution is -2.51. The lowest BCUT2D eigenvalue weighted by Gasteiger charge is -2.31. The fraction of sp³-hybridized carbons (Fsp3) is 0.417. The number of carbonyl (C=O) groups excluding carboxylic acids is 2. The van der Waals surface area contributed by atoms with Crippen LogP contribution >= 0.6 is 31.9 Å². The van der Waals surface area contributed by atoms with Crippen LogP contribution in [-0.4, -0.2) is 50.5 Å². The van der Waals surface area contributed by atoms with Crippen molar-refractivity contribution in [3.05, 3.63) is 62.5 Å². The van der Waals surface area contributed by atoms with E-state index in [1.165, 1.54) is 4.90 Å². The van der Waals surface area contributed by atoms with Crippen molar-refractivity contribution in [2.24, 2.45) is 0 Å². The molecule has 0 aliphatic rings. The summed E-state index contributed by atoms with van der Waals surface area (Å²) < 4.78 is 28.0. The summed E-state index contributed by atoms with van der Waals surface area (Å²) in [6.45, 7) is 5.80. The van der Waals surface area contributed by atoms with Crippen molar-refractivity contribution < 1.29 is 18.0 Å². The summed E-state index contributed by atoms with van der Waals surface area (Å²) in [6, 6.07) is 11.8. The monoisotopic (exact) mass is 615 g/mol. The normalized spacial score (nSPS) is 12.2. The molecule has 0 saturated carbocycles. The number of carbonyl (C=O) groups is 2. The highest BCUT2D eigenvalue weighted by Gasteiger charge is 2.30. The second-order valence-electron chi connectivity index (χ2n) is 8.18. The molecule has 2 amide bonds. The molecule has 0 aliphatic heterocycles. The largest absolute Gasteiger partial charge is 0.354 e. The average molecular weight is 617 g/mol. The van der Waals surface area contributed by atoms with Crippen molar-refractivity contribution >= 4 is 59.4 Å². The molecule has 10 heteroatoms. The van der Waals surface area contributed by atoms with E-state index in [0.717, 1.165) is 43.5 Å². The summed E-state index contributed by atoms with van der Waals surface area (Å²) >= 11 is 6.85. The van der Waals surface area contributed by atoms with E-state index in [2.05, 4.69) is 37.2 Å². The molecule has 0 fully saturated rings. The Kier molecular flexibility index (Phi) is 10.6. The molecule has 7 nitrogen and oxygen atoms in total. The third-order valence-electron chi connectivity index (χ3n) is 5.35. The van der Waals surface area contributed by atoms with E-state index < -0.39 is 28.5 Å². The number of halogens is 2. The Morgan fingerprint density at radius 2 is 1.82 bits per heavy atom. The summed E-state index contributed by atoms with van der Waals surface area (Å²) in [6.07, 6.45) is 2.84. The Balaban J connectivity index is 2.37. The summed E-state index contributed by atoms with van der Waals surface area (Å²) in [5, 5.41) is 2.87. The minimum Gasteiger partial charge on any atom is -0.354 e. The van der Waals surface area contributed by atoms with Crippen molar-refractivity contribution in [1.82, 2.24) is 10.2 Å². The molecule has 186 valence electrons. The van der Waals surface area contributed by atoms with Crippen molar-refractivity contribution in [1.29, 1.82) is 0 Å². The van der Waals surface area contributed by atoms with Crippen LogP contribution in [0.15, 0.2) is 51.4 Å². The molecule has 0 aromatic heterocycles. The summed E-state index contributed by atoms with van der Waals surface area (Å²) in [7, 11) is -3.76. The maximum absolute atomic E-state index is 13.5. The second kappa shape index (κ2) is 12.7. The van der Waals surface area contributed by atoms with Crippen molar-refractivity contribution in [2.45, 2.75) is 46.2 Å². The molecule has 0 unspecified atom stereocenters. The number of unbranched alkanes of at least 4 members (excludes halogenated alkanes) is 1. The Labute approximate surface area is 219 Å². The van der Waals surface area contributed by atoms with E-state index >= 15 is 0 Å². The molecule has 0 aliphatic carbocycles. The first-order valence-electron chi connectivity index (χ1n) is 11.0. The van der Waals surface area contributed by atoms with Gasteiger partial charge >= 0.3 is 0 Å². The molecule has 2 rings (SSSR count). The Hall–Kier alpha value is -1.91. The second-order valence-corrected chi connectivity index (χ2v) is 11.9. The summed E-state index contributed by atoms with van der Waals surface area (Å²) in [5.41, 5.74) is 2.05. The van der Waals surface area contributed by atoms with Gasteiger partial charge in [0.05, 0.1) is 11.9 Å². The number of hydrogen-bond donors (Lipinski definition) is 1. The number of sulfonamides is 1. The van der Waals surface area contributed by atoms with Crippen LogP contribution in [0.3, 0.4) is 0 Å². The molecule has 1 atom stereocenters. The van der Waals surface area contributed by atoms with Gasteiger partial charge in [0, 0.05) is 22.0 Å². The van der Waals surface area contributed by atoms with Gasteiger partial charge in [0.1, 0.15) is 12.6 Å². The van der Waals surface area contributed by atoms with Crippen LogP contribution in [0.1, 0.15) is 37.8 Å². The smallest absolute Gasteiger partial charge is 0.244 e. The molecule has 0 spiro atoms. The van der Waals surface area contributed by atoms with Gasteiger partial charge in [-0.2, -0.15) is 0 Å². The molecule has 1 N–H and O–H groups in total. The number of rotatable bonds is 11. The molecular weight excluding hydrogens is 586 g/mol. The highest BCUT2D eigenvalue weighted by atomic mass is 79.9. The van der Waals surface area contributed by atoms with Gasteiger partial charge in [0.2, 0.25) is 21.8 Å². The number of aryl methyl sites for hydroxylation is 1. The fourth-order valence-electron chi connectivity index (χ4n) is 3.35. The number of hydrogen-bond acceptors (Lipinski definition) is 4. The zero-order valence-electron chi connectivity index (χ0n) is 19.8. The van der Waals surface area contributed by atoms with Crippen LogP contribution < -0.4 is 9.62 Å². The molecule has 2 aromatic carbocycles. The van der Waals surface area contributed by atoms with Gasteiger partial charge in [-0.05, 0) is 61.7 Å². The Morgan fingerprint density at radius 3 is 2.41 bits per heavy atom. The lowest BCUT2D eigenvalue weighted by molar-refractivity contribution is -0.139. The van der Waals surface area contributed by atoms with Gasteiger partial charge in [0.15, 0.2) is 0 Å².